The summed E-state index contributed by atoms with van der Waals surface area (Å²) in [4.78, 5) is 26.2. The zero-order chi connectivity index (χ0) is 17.6. The molecule has 4 nitrogen and oxygen atoms in total. The molecule has 130 valence electrons. The van der Waals surface area contributed by atoms with Gasteiger partial charge in [0.1, 0.15) is 5.37 Å². The Morgan fingerprint density at radius 3 is 2.76 bits per heavy atom. The first kappa shape index (κ1) is 17.5. The van der Waals surface area contributed by atoms with Crippen LogP contribution in [0.3, 0.4) is 0 Å². The Kier molecular flexibility index (Phi) is 5.76. The highest BCUT2D eigenvalue weighted by molar-refractivity contribution is 8.00. The molecule has 1 fully saturated rings. The summed E-state index contributed by atoms with van der Waals surface area (Å²) < 4.78 is 0. The predicted octanol–water partition coefficient (Wildman–Crippen LogP) is 4.59. The first-order valence-electron chi connectivity index (χ1n) is 8.57. The molecule has 0 aliphatic carbocycles. The molecule has 0 radical (unpaired) electrons. The van der Waals surface area contributed by atoms with Crippen molar-refractivity contribution in [1.82, 2.24) is 0 Å². The first-order chi connectivity index (χ1) is 12.2. The lowest BCUT2D eigenvalue weighted by Gasteiger charge is -2.24. The second-order valence-electron chi connectivity index (χ2n) is 6.04. The first-order valence-corrected chi connectivity index (χ1v) is 9.62. The summed E-state index contributed by atoms with van der Waals surface area (Å²) >= 11 is 1.61. The topological polar surface area (TPSA) is 49.4 Å². The highest BCUT2D eigenvalue weighted by Crippen LogP contribution is 2.42. The zero-order valence-electron chi connectivity index (χ0n) is 14.3. The normalized spacial score (nSPS) is 16.9. The summed E-state index contributed by atoms with van der Waals surface area (Å²) in [6, 6.07) is 17.5. The van der Waals surface area contributed by atoms with Crippen LogP contribution in [0.5, 0.6) is 0 Å². The van der Waals surface area contributed by atoms with Crippen molar-refractivity contribution in [2.75, 3.05) is 16.0 Å². The number of thioether (sulfide) groups is 1. The maximum Gasteiger partial charge on any atom is 0.238 e. The standard InChI is InChI=1S/C20H22N2O2S/c1-2-3-12-18(23)21-16-9-7-8-15(13-16)20-22(19(24)14-25-20)17-10-5-4-6-11-17/h4-11,13,20H,2-3,12,14H2,1H3,(H,21,23)/t20-/m1/s1. The number of nitrogens with zero attached hydrogens (tertiary/aromatic N) is 1. The Morgan fingerprint density at radius 1 is 1.20 bits per heavy atom. The van der Waals surface area contributed by atoms with E-state index in [0.29, 0.717) is 12.2 Å². The van der Waals surface area contributed by atoms with E-state index in [1.165, 1.54) is 0 Å². The lowest BCUT2D eigenvalue weighted by Crippen LogP contribution is -2.27. The van der Waals surface area contributed by atoms with Gasteiger partial charge in [-0.25, -0.2) is 0 Å². The summed E-state index contributed by atoms with van der Waals surface area (Å²) in [5.41, 5.74) is 2.71. The summed E-state index contributed by atoms with van der Waals surface area (Å²) in [6.45, 7) is 2.07. The molecule has 1 atom stereocenters. The molecule has 1 N–H and O–H groups in total. The maximum absolute atomic E-state index is 12.4. The quantitative estimate of drug-likeness (QED) is 0.825. The Morgan fingerprint density at radius 2 is 2.00 bits per heavy atom. The largest absolute Gasteiger partial charge is 0.326 e. The molecule has 2 aromatic carbocycles. The van der Waals surface area contributed by atoms with E-state index in [9.17, 15) is 9.59 Å². The molecule has 2 aromatic rings. The fourth-order valence-corrected chi connectivity index (χ4v) is 4.04. The average Bonchev–Trinajstić information content (AvgIpc) is 3.02. The Labute approximate surface area is 152 Å². The van der Waals surface area contributed by atoms with Crippen molar-refractivity contribution in [2.24, 2.45) is 0 Å². The molecule has 0 saturated carbocycles. The summed E-state index contributed by atoms with van der Waals surface area (Å²) in [5.74, 6) is 0.611. The average molecular weight is 354 g/mol. The van der Waals surface area contributed by atoms with Gasteiger partial charge in [-0.15, -0.1) is 11.8 Å². The molecule has 0 spiro atoms. The van der Waals surface area contributed by atoms with E-state index in [1.807, 2.05) is 59.5 Å². The van der Waals surface area contributed by atoms with Gasteiger partial charge in [-0.2, -0.15) is 0 Å². The number of hydrogen-bond donors (Lipinski definition) is 1. The van der Waals surface area contributed by atoms with Crippen molar-refractivity contribution in [1.29, 1.82) is 0 Å². The monoisotopic (exact) mass is 354 g/mol. The number of benzene rings is 2. The molecule has 1 aliphatic heterocycles. The lowest BCUT2D eigenvalue weighted by molar-refractivity contribution is -0.116. The van der Waals surface area contributed by atoms with Crippen molar-refractivity contribution in [3.63, 3.8) is 0 Å². The van der Waals surface area contributed by atoms with Crippen LogP contribution in [-0.4, -0.2) is 17.6 Å². The van der Waals surface area contributed by atoms with Crippen LogP contribution in [-0.2, 0) is 9.59 Å². The van der Waals surface area contributed by atoms with Crippen LogP contribution in [0, 0.1) is 0 Å². The number of carbonyl (C=O) groups excluding carboxylic acids is 2. The molecule has 0 bridgehead atoms. The maximum atomic E-state index is 12.4. The highest BCUT2D eigenvalue weighted by Gasteiger charge is 2.34. The molecule has 3 rings (SSSR count). The molecule has 0 aromatic heterocycles. The third-order valence-electron chi connectivity index (χ3n) is 4.12. The Hall–Kier alpha value is -2.27. The fourth-order valence-electron chi connectivity index (χ4n) is 2.87. The van der Waals surface area contributed by atoms with E-state index in [4.69, 9.17) is 0 Å². The van der Waals surface area contributed by atoms with Crippen molar-refractivity contribution in [3.8, 4) is 0 Å². The van der Waals surface area contributed by atoms with E-state index in [0.717, 1.165) is 29.8 Å². The predicted molar refractivity (Wildman–Crippen MR) is 104 cm³/mol. The van der Waals surface area contributed by atoms with Crippen molar-refractivity contribution in [3.05, 3.63) is 60.2 Å². The van der Waals surface area contributed by atoms with Gasteiger partial charge < -0.3 is 5.32 Å². The van der Waals surface area contributed by atoms with Gasteiger partial charge >= 0.3 is 0 Å². The van der Waals surface area contributed by atoms with Crippen LogP contribution in [0.2, 0.25) is 0 Å². The van der Waals surface area contributed by atoms with Gasteiger partial charge in [-0.1, -0.05) is 43.7 Å². The molecule has 0 unspecified atom stereocenters. The Balaban J connectivity index is 1.80. The van der Waals surface area contributed by atoms with Crippen LogP contribution >= 0.6 is 11.8 Å². The molecule has 1 aliphatic rings. The van der Waals surface area contributed by atoms with Crippen LogP contribution in [0.1, 0.15) is 37.1 Å². The Bertz CT molecular complexity index is 748. The third kappa shape index (κ3) is 4.23. The number of rotatable bonds is 6. The second-order valence-corrected chi connectivity index (χ2v) is 7.11. The number of carbonyl (C=O) groups is 2. The zero-order valence-corrected chi connectivity index (χ0v) is 15.1. The molecular weight excluding hydrogens is 332 g/mol. The van der Waals surface area contributed by atoms with Gasteiger partial charge in [0.2, 0.25) is 11.8 Å². The van der Waals surface area contributed by atoms with E-state index in [-0.39, 0.29) is 17.2 Å². The number of unbranched alkanes of at least 4 members (excludes halogenated alkanes) is 1. The number of hydrogen-bond acceptors (Lipinski definition) is 3. The molecule has 2 amide bonds. The smallest absolute Gasteiger partial charge is 0.238 e. The van der Waals surface area contributed by atoms with E-state index in [1.54, 1.807) is 11.8 Å². The van der Waals surface area contributed by atoms with Gasteiger partial charge in [0.15, 0.2) is 0 Å². The summed E-state index contributed by atoms with van der Waals surface area (Å²) in [5, 5.41) is 2.89. The van der Waals surface area contributed by atoms with E-state index >= 15 is 0 Å². The van der Waals surface area contributed by atoms with Crippen molar-refractivity contribution >= 4 is 35.0 Å². The van der Waals surface area contributed by atoms with Crippen LogP contribution < -0.4 is 10.2 Å². The second kappa shape index (κ2) is 8.21. The molecule has 1 saturated heterocycles. The lowest BCUT2D eigenvalue weighted by atomic mass is 10.1. The summed E-state index contributed by atoms with van der Waals surface area (Å²) in [7, 11) is 0. The highest BCUT2D eigenvalue weighted by atomic mass is 32.2. The van der Waals surface area contributed by atoms with Crippen molar-refractivity contribution in [2.45, 2.75) is 31.6 Å². The number of amides is 2. The minimum Gasteiger partial charge on any atom is -0.326 e. The van der Waals surface area contributed by atoms with Gasteiger partial charge in [-0.3, -0.25) is 14.5 Å². The minimum absolute atomic E-state index is 0.0362. The van der Waals surface area contributed by atoms with Crippen LogP contribution in [0.25, 0.3) is 0 Å². The van der Waals surface area contributed by atoms with E-state index in [2.05, 4.69) is 12.2 Å². The van der Waals surface area contributed by atoms with Gasteiger partial charge in [-0.05, 0) is 36.2 Å². The number of nitrogens with one attached hydrogen (secondary N) is 1. The third-order valence-corrected chi connectivity index (χ3v) is 5.33. The number of para-hydroxylation sites is 1. The SMILES string of the molecule is CCCCC(=O)Nc1cccc([C@H]2SCC(=O)N2c2ccccc2)c1. The van der Waals surface area contributed by atoms with Crippen LogP contribution in [0.4, 0.5) is 11.4 Å². The minimum atomic E-state index is -0.0672. The fraction of sp³-hybridized carbons (Fsp3) is 0.300. The molecule has 1 heterocycles. The van der Waals surface area contributed by atoms with Gasteiger partial charge in [0, 0.05) is 17.8 Å². The molecule has 5 heteroatoms. The van der Waals surface area contributed by atoms with Crippen molar-refractivity contribution < 1.29 is 9.59 Å². The molecule has 25 heavy (non-hydrogen) atoms. The molecular formula is C20H22N2O2S. The van der Waals surface area contributed by atoms with Crippen LogP contribution in [0.15, 0.2) is 54.6 Å². The van der Waals surface area contributed by atoms with E-state index < -0.39 is 0 Å². The number of anilines is 2. The summed E-state index contributed by atoms with van der Waals surface area (Å²) in [6.07, 6.45) is 2.42. The van der Waals surface area contributed by atoms with Gasteiger partial charge in [0.05, 0.1) is 5.75 Å². The van der Waals surface area contributed by atoms with Gasteiger partial charge in [0.25, 0.3) is 0 Å².